The van der Waals surface area contributed by atoms with Crippen LogP contribution in [0.4, 0.5) is 11.8 Å². The van der Waals surface area contributed by atoms with Crippen molar-refractivity contribution < 1.29 is 4.79 Å². The lowest BCUT2D eigenvalue weighted by atomic mass is 9.86. The van der Waals surface area contributed by atoms with Crippen LogP contribution in [0.2, 0.25) is 0 Å². The predicted octanol–water partition coefficient (Wildman–Crippen LogP) is 4.68. The Morgan fingerprint density at radius 1 is 0.943 bits per heavy atom. The number of nitrogens with one attached hydrogen (secondary N) is 2. The van der Waals surface area contributed by atoms with Gasteiger partial charge in [0.25, 0.3) is 5.91 Å². The molecule has 1 aliphatic carbocycles. The number of nitrogens with zero attached hydrogens (tertiary/aromatic N) is 5. The number of carbonyl (C=O) groups is 1. The number of rotatable bonds is 6. The van der Waals surface area contributed by atoms with Crippen LogP contribution in [-0.2, 0) is 0 Å². The van der Waals surface area contributed by atoms with Gasteiger partial charge in [-0.25, -0.2) is 4.98 Å². The summed E-state index contributed by atoms with van der Waals surface area (Å²) in [6.45, 7) is 0.666. The zero-order valence-corrected chi connectivity index (χ0v) is 19.5. The lowest BCUT2D eigenvalue weighted by Crippen LogP contribution is -2.34. The first-order valence-electron chi connectivity index (χ1n) is 11.8. The third-order valence-electron chi connectivity index (χ3n) is 6.53. The summed E-state index contributed by atoms with van der Waals surface area (Å²) in [5.41, 5.74) is 2.25. The van der Waals surface area contributed by atoms with Crippen LogP contribution in [-0.4, -0.2) is 52.8 Å². The molecular weight excluding hydrogens is 438 g/mol. The maximum Gasteiger partial charge on any atom is 0.253 e. The lowest BCUT2D eigenvalue weighted by Gasteiger charge is -2.29. The molecule has 0 aliphatic heterocycles. The normalized spacial score (nSPS) is 17.5. The molecule has 0 spiro atoms. The van der Waals surface area contributed by atoms with Gasteiger partial charge in [-0.05, 0) is 49.8 Å². The van der Waals surface area contributed by atoms with Crippen molar-refractivity contribution in [1.82, 2.24) is 25.5 Å². The molecule has 0 atom stereocenters. The Labute approximate surface area is 206 Å². The molecule has 8 nitrogen and oxygen atoms in total. The van der Waals surface area contributed by atoms with Gasteiger partial charge >= 0.3 is 0 Å². The summed E-state index contributed by atoms with van der Waals surface area (Å²) in [6.07, 6.45) is 5.67. The number of amides is 1. The van der Waals surface area contributed by atoms with Gasteiger partial charge in [0.05, 0.1) is 22.8 Å². The van der Waals surface area contributed by atoms with Crippen molar-refractivity contribution in [2.45, 2.75) is 39.2 Å². The Morgan fingerprint density at radius 2 is 1.63 bits per heavy atom. The highest BCUT2D eigenvalue weighted by Crippen LogP contribution is 2.28. The minimum Gasteiger partial charge on any atom is -0.362 e. The molecule has 0 bridgehead atoms. The molecule has 182 valence electrons. The highest BCUT2D eigenvalue weighted by Gasteiger charge is 2.23. The predicted molar refractivity (Wildman–Crippen MR) is 142 cm³/mol. The summed E-state index contributed by atoms with van der Waals surface area (Å²) < 4.78 is 0. The highest BCUT2D eigenvalue weighted by molar-refractivity contribution is 6.05. The van der Waals surface area contributed by atoms with Crippen LogP contribution in [0.5, 0.6) is 0 Å². The number of fused-ring (bicyclic) bond motifs is 2. The van der Waals surface area contributed by atoms with E-state index < -0.39 is 0 Å². The van der Waals surface area contributed by atoms with Gasteiger partial charge in [-0.15, -0.1) is 0 Å². The van der Waals surface area contributed by atoms with E-state index in [1.54, 1.807) is 6.20 Å². The van der Waals surface area contributed by atoms with E-state index in [4.69, 9.17) is 9.97 Å². The molecule has 5 rings (SSSR count). The van der Waals surface area contributed by atoms with Crippen molar-refractivity contribution in [3.8, 4) is 0 Å². The van der Waals surface area contributed by atoms with E-state index in [9.17, 15) is 4.79 Å². The second-order valence-corrected chi connectivity index (χ2v) is 9.13. The SMILES string of the molecule is C.CN(C)c1nc(NC2CCC(CNC(=O)c3cnnc4ccccc34)CC2)nc2ccccc12. The van der Waals surface area contributed by atoms with Gasteiger partial charge in [-0.2, -0.15) is 15.2 Å². The van der Waals surface area contributed by atoms with E-state index in [-0.39, 0.29) is 13.3 Å². The maximum atomic E-state index is 12.8. The van der Waals surface area contributed by atoms with E-state index in [0.717, 1.165) is 53.3 Å². The number of hydrogen-bond acceptors (Lipinski definition) is 7. The summed E-state index contributed by atoms with van der Waals surface area (Å²) in [7, 11) is 4.01. The number of para-hydroxylation sites is 1. The molecule has 1 aliphatic rings. The minimum absolute atomic E-state index is 0. The van der Waals surface area contributed by atoms with Crippen molar-refractivity contribution in [2.24, 2.45) is 5.92 Å². The van der Waals surface area contributed by atoms with Gasteiger partial charge in [-0.3, -0.25) is 4.79 Å². The number of carbonyl (C=O) groups excluding carboxylic acids is 1. The molecule has 1 amide bonds. The van der Waals surface area contributed by atoms with Crippen molar-refractivity contribution in [1.29, 1.82) is 0 Å². The fourth-order valence-electron chi connectivity index (χ4n) is 4.68. The first-order valence-corrected chi connectivity index (χ1v) is 11.8. The number of aromatic nitrogens is 4. The van der Waals surface area contributed by atoms with Gasteiger partial charge in [0, 0.05) is 37.5 Å². The van der Waals surface area contributed by atoms with Crippen LogP contribution in [0.15, 0.2) is 54.7 Å². The number of anilines is 2. The molecule has 0 unspecified atom stereocenters. The summed E-state index contributed by atoms with van der Waals surface area (Å²) in [6, 6.07) is 16.0. The van der Waals surface area contributed by atoms with E-state index in [2.05, 4.69) is 26.9 Å². The van der Waals surface area contributed by atoms with Crippen LogP contribution >= 0.6 is 0 Å². The van der Waals surface area contributed by atoms with Gasteiger partial charge in [0.2, 0.25) is 5.95 Å². The minimum atomic E-state index is -0.0906. The largest absolute Gasteiger partial charge is 0.362 e. The van der Waals surface area contributed by atoms with Crippen molar-refractivity contribution in [3.63, 3.8) is 0 Å². The van der Waals surface area contributed by atoms with E-state index in [1.165, 1.54) is 0 Å². The molecule has 35 heavy (non-hydrogen) atoms. The molecule has 2 N–H and O–H groups in total. The second kappa shape index (κ2) is 10.6. The Balaban J connectivity index is 0.00000289. The highest BCUT2D eigenvalue weighted by atomic mass is 16.1. The lowest BCUT2D eigenvalue weighted by molar-refractivity contribution is 0.0944. The van der Waals surface area contributed by atoms with E-state index in [1.807, 2.05) is 61.5 Å². The fraction of sp³-hybridized carbons (Fsp3) is 0.370. The van der Waals surface area contributed by atoms with Crippen LogP contribution in [0.1, 0.15) is 43.5 Å². The van der Waals surface area contributed by atoms with Crippen LogP contribution in [0.25, 0.3) is 21.8 Å². The topological polar surface area (TPSA) is 95.9 Å². The number of benzene rings is 2. The van der Waals surface area contributed by atoms with Gasteiger partial charge in [0.15, 0.2) is 0 Å². The quantitative estimate of drug-likeness (QED) is 0.422. The molecule has 4 aromatic rings. The monoisotopic (exact) mass is 471 g/mol. The smallest absolute Gasteiger partial charge is 0.253 e. The molecule has 2 heterocycles. The Hall–Kier alpha value is -3.81. The standard InChI is InChI=1S/C26H29N7O.CH4/c1-33(2)24-20-8-4-5-9-22(20)30-26(31-24)29-18-13-11-17(12-14-18)15-27-25(34)21-16-28-32-23-10-6-3-7-19(21)23;/h3-10,16-18H,11-15H2,1-2H3,(H,27,34)(H,29,30,31);1H4. The first kappa shape index (κ1) is 24.3. The van der Waals surface area contributed by atoms with Gasteiger partial charge in [-0.1, -0.05) is 37.8 Å². The molecule has 1 fully saturated rings. The molecule has 2 aromatic heterocycles. The average molecular weight is 472 g/mol. The maximum absolute atomic E-state index is 12.8. The molecule has 0 saturated heterocycles. The van der Waals surface area contributed by atoms with Crippen LogP contribution < -0.4 is 15.5 Å². The number of hydrogen-bond donors (Lipinski definition) is 2. The third-order valence-corrected chi connectivity index (χ3v) is 6.53. The second-order valence-electron chi connectivity index (χ2n) is 9.13. The third kappa shape index (κ3) is 5.31. The average Bonchev–Trinajstić information content (AvgIpc) is 2.87. The molecule has 8 heteroatoms. The van der Waals surface area contributed by atoms with Crippen LogP contribution in [0, 0.1) is 5.92 Å². The summed E-state index contributed by atoms with van der Waals surface area (Å²) in [5.74, 6) is 1.96. The van der Waals surface area contributed by atoms with Gasteiger partial charge in [0.1, 0.15) is 5.82 Å². The summed E-state index contributed by atoms with van der Waals surface area (Å²) >= 11 is 0. The molecule has 1 saturated carbocycles. The Kier molecular flexibility index (Phi) is 7.39. The summed E-state index contributed by atoms with van der Waals surface area (Å²) in [4.78, 5) is 24.3. The zero-order chi connectivity index (χ0) is 23.5. The zero-order valence-electron chi connectivity index (χ0n) is 19.5. The van der Waals surface area contributed by atoms with Crippen molar-refractivity contribution in [2.75, 3.05) is 30.9 Å². The van der Waals surface area contributed by atoms with Gasteiger partial charge < -0.3 is 15.5 Å². The fourth-order valence-corrected chi connectivity index (χ4v) is 4.68. The van der Waals surface area contributed by atoms with Crippen LogP contribution in [0.3, 0.4) is 0 Å². The first-order chi connectivity index (χ1) is 16.6. The Morgan fingerprint density at radius 3 is 2.37 bits per heavy atom. The molecule has 0 radical (unpaired) electrons. The molecular formula is C27H33N7O. The van der Waals surface area contributed by atoms with E-state index >= 15 is 0 Å². The van der Waals surface area contributed by atoms with Crippen molar-refractivity contribution >= 4 is 39.5 Å². The van der Waals surface area contributed by atoms with E-state index in [0.29, 0.717) is 30.0 Å². The Bertz CT molecular complexity index is 1310. The van der Waals surface area contributed by atoms with Crippen molar-refractivity contribution in [3.05, 3.63) is 60.3 Å². The summed E-state index contributed by atoms with van der Waals surface area (Å²) in [5, 5.41) is 16.6. The molecule has 2 aromatic carbocycles.